The standard InChI is InChI=1S/C18H28N4OS/c1-2-18(9-3-4-10-18)16(23)21-11-5-6-13(12-21)15-19-20-17(24)22(15)14-7-8-14/h13-14H,2-12H2,1H3,(H,20,24). The van der Waals surface area contributed by atoms with Gasteiger partial charge in [-0.2, -0.15) is 5.10 Å². The highest BCUT2D eigenvalue weighted by atomic mass is 32.1. The maximum absolute atomic E-state index is 13.2. The summed E-state index contributed by atoms with van der Waals surface area (Å²) in [6.07, 6.45) is 10.1. The number of H-pyrrole nitrogens is 1. The van der Waals surface area contributed by atoms with Crippen molar-refractivity contribution in [3.63, 3.8) is 0 Å². The zero-order valence-electron chi connectivity index (χ0n) is 14.6. The molecule has 1 saturated heterocycles. The maximum atomic E-state index is 13.2. The van der Waals surface area contributed by atoms with Gasteiger partial charge in [0.25, 0.3) is 0 Å². The molecule has 1 aromatic rings. The minimum Gasteiger partial charge on any atom is -0.341 e. The van der Waals surface area contributed by atoms with E-state index in [4.69, 9.17) is 12.2 Å². The van der Waals surface area contributed by atoms with Crippen LogP contribution in [-0.4, -0.2) is 38.7 Å². The van der Waals surface area contributed by atoms with E-state index in [1.165, 1.54) is 25.7 Å². The fourth-order valence-corrected chi connectivity index (χ4v) is 5.06. The second-order valence-electron chi connectivity index (χ2n) is 7.92. The average Bonchev–Trinajstić information content (AvgIpc) is 3.19. The lowest BCUT2D eigenvalue weighted by Gasteiger charge is -2.38. The lowest BCUT2D eigenvalue weighted by atomic mass is 9.81. The normalized spacial score (nSPS) is 26.7. The van der Waals surface area contributed by atoms with Crippen molar-refractivity contribution in [3.05, 3.63) is 10.6 Å². The summed E-state index contributed by atoms with van der Waals surface area (Å²) in [5.74, 6) is 1.81. The van der Waals surface area contributed by atoms with Crippen LogP contribution in [0.2, 0.25) is 0 Å². The van der Waals surface area contributed by atoms with Gasteiger partial charge in [0.1, 0.15) is 5.82 Å². The molecule has 0 spiro atoms. The molecule has 132 valence electrons. The summed E-state index contributed by atoms with van der Waals surface area (Å²) in [7, 11) is 0. The number of hydrogen-bond acceptors (Lipinski definition) is 3. The van der Waals surface area contributed by atoms with Crippen molar-refractivity contribution in [1.29, 1.82) is 0 Å². The molecule has 1 aromatic heterocycles. The summed E-state index contributed by atoms with van der Waals surface area (Å²) >= 11 is 5.43. The highest BCUT2D eigenvalue weighted by Gasteiger charge is 2.43. The van der Waals surface area contributed by atoms with E-state index in [9.17, 15) is 4.79 Å². The van der Waals surface area contributed by atoms with Crippen LogP contribution in [0.25, 0.3) is 0 Å². The Balaban J connectivity index is 1.54. The molecule has 2 saturated carbocycles. The highest BCUT2D eigenvalue weighted by molar-refractivity contribution is 7.71. The van der Waals surface area contributed by atoms with E-state index in [0.717, 1.165) is 55.8 Å². The van der Waals surface area contributed by atoms with Crippen molar-refractivity contribution in [1.82, 2.24) is 19.7 Å². The Labute approximate surface area is 148 Å². The quantitative estimate of drug-likeness (QED) is 0.838. The largest absolute Gasteiger partial charge is 0.341 e. The van der Waals surface area contributed by atoms with Crippen LogP contribution in [0.4, 0.5) is 0 Å². The fourth-order valence-electron chi connectivity index (χ4n) is 4.77. The monoisotopic (exact) mass is 348 g/mol. The minimum atomic E-state index is -0.0803. The van der Waals surface area contributed by atoms with Gasteiger partial charge in [-0.15, -0.1) is 0 Å². The summed E-state index contributed by atoms with van der Waals surface area (Å²) in [5, 5.41) is 7.52. The smallest absolute Gasteiger partial charge is 0.228 e. The van der Waals surface area contributed by atoms with E-state index in [2.05, 4.69) is 26.6 Å². The molecule has 1 N–H and O–H groups in total. The van der Waals surface area contributed by atoms with Gasteiger partial charge in [0.2, 0.25) is 5.91 Å². The van der Waals surface area contributed by atoms with Crippen LogP contribution in [0, 0.1) is 10.2 Å². The molecule has 2 aliphatic carbocycles. The first kappa shape index (κ1) is 16.3. The molecular formula is C18H28N4OS. The van der Waals surface area contributed by atoms with Gasteiger partial charge >= 0.3 is 0 Å². The summed E-state index contributed by atoms with van der Waals surface area (Å²) < 4.78 is 2.97. The molecular weight excluding hydrogens is 320 g/mol. The van der Waals surface area contributed by atoms with Crippen LogP contribution in [0.3, 0.4) is 0 Å². The Bertz CT molecular complexity index is 669. The highest BCUT2D eigenvalue weighted by Crippen LogP contribution is 2.44. The van der Waals surface area contributed by atoms with Gasteiger partial charge in [-0.3, -0.25) is 9.89 Å². The predicted molar refractivity (Wildman–Crippen MR) is 95.4 cm³/mol. The fraction of sp³-hybridized carbons (Fsp3) is 0.833. The van der Waals surface area contributed by atoms with Gasteiger partial charge < -0.3 is 9.47 Å². The van der Waals surface area contributed by atoms with E-state index in [-0.39, 0.29) is 5.41 Å². The Morgan fingerprint density at radius 2 is 2.04 bits per heavy atom. The molecule has 2 heterocycles. The van der Waals surface area contributed by atoms with Gasteiger partial charge in [-0.05, 0) is 57.2 Å². The molecule has 3 fully saturated rings. The van der Waals surface area contributed by atoms with Crippen LogP contribution in [0.1, 0.15) is 82.5 Å². The number of nitrogens with one attached hydrogen (secondary N) is 1. The van der Waals surface area contributed by atoms with Crippen molar-refractivity contribution in [2.75, 3.05) is 13.1 Å². The van der Waals surface area contributed by atoms with E-state index < -0.39 is 0 Å². The zero-order valence-corrected chi connectivity index (χ0v) is 15.4. The maximum Gasteiger partial charge on any atom is 0.228 e. The molecule has 1 unspecified atom stereocenters. The summed E-state index contributed by atoms with van der Waals surface area (Å²) in [5.41, 5.74) is -0.0803. The molecule has 24 heavy (non-hydrogen) atoms. The number of carbonyl (C=O) groups excluding carboxylic acids is 1. The summed E-state index contributed by atoms with van der Waals surface area (Å²) in [6.45, 7) is 3.90. The molecule has 0 radical (unpaired) electrons. The van der Waals surface area contributed by atoms with Gasteiger partial charge in [0.15, 0.2) is 4.77 Å². The third-order valence-corrected chi connectivity index (χ3v) is 6.70. The molecule has 1 amide bonds. The predicted octanol–water partition coefficient (Wildman–Crippen LogP) is 3.95. The van der Waals surface area contributed by atoms with E-state index in [1.54, 1.807) is 0 Å². The molecule has 1 atom stereocenters. The molecule has 1 aliphatic heterocycles. The van der Waals surface area contributed by atoms with Gasteiger partial charge in [-0.1, -0.05) is 19.8 Å². The SMILES string of the molecule is CCC1(C(=O)N2CCCC(c3n[nH]c(=S)n3C3CC3)C2)CCCC1. The van der Waals surface area contributed by atoms with Gasteiger partial charge in [0.05, 0.1) is 0 Å². The number of piperidine rings is 1. The third-order valence-electron chi connectivity index (χ3n) is 6.41. The number of likely N-dealkylation sites (tertiary alicyclic amines) is 1. The number of aromatic amines is 1. The van der Waals surface area contributed by atoms with Gasteiger partial charge in [-0.25, -0.2) is 0 Å². The van der Waals surface area contributed by atoms with Gasteiger partial charge in [0, 0.05) is 30.5 Å². The second-order valence-corrected chi connectivity index (χ2v) is 8.31. The molecule has 0 bridgehead atoms. The first-order valence-electron chi connectivity index (χ1n) is 9.61. The number of nitrogens with zero attached hydrogens (tertiary/aromatic N) is 3. The number of rotatable bonds is 4. The molecule has 3 aliphatic rings. The average molecular weight is 349 g/mol. The van der Waals surface area contributed by atoms with E-state index in [0.29, 0.717) is 17.9 Å². The Morgan fingerprint density at radius 3 is 2.71 bits per heavy atom. The summed E-state index contributed by atoms with van der Waals surface area (Å²) in [4.78, 5) is 15.4. The molecule has 0 aromatic carbocycles. The van der Waals surface area contributed by atoms with Crippen molar-refractivity contribution in [3.8, 4) is 0 Å². The number of carbonyl (C=O) groups is 1. The van der Waals surface area contributed by atoms with Crippen molar-refractivity contribution < 1.29 is 4.79 Å². The second kappa shape index (κ2) is 6.28. The van der Waals surface area contributed by atoms with E-state index >= 15 is 0 Å². The number of hydrogen-bond donors (Lipinski definition) is 1. The molecule has 5 nitrogen and oxygen atoms in total. The Kier molecular flexibility index (Phi) is 4.27. The number of amides is 1. The minimum absolute atomic E-state index is 0.0803. The first-order chi connectivity index (χ1) is 11.6. The van der Waals surface area contributed by atoms with Crippen LogP contribution in [0.5, 0.6) is 0 Å². The van der Waals surface area contributed by atoms with Crippen LogP contribution >= 0.6 is 12.2 Å². The topological polar surface area (TPSA) is 53.9 Å². The Morgan fingerprint density at radius 1 is 1.29 bits per heavy atom. The summed E-state index contributed by atoms with van der Waals surface area (Å²) in [6, 6.07) is 0.536. The van der Waals surface area contributed by atoms with Crippen LogP contribution in [-0.2, 0) is 4.79 Å². The zero-order chi connectivity index (χ0) is 16.7. The van der Waals surface area contributed by atoms with Crippen molar-refractivity contribution >= 4 is 18.1 Å². The Hall–Kier alpha value is -1.17. The van der Waals surface area contributed by atoms with E-state index in [1.807, 2.05) is 0 Å². The van der Waals surface area contributed by atoms with Crippen LogP contribution in [0.15, 0.2) is 0 Å². The lowest BCUT2D eigenvalue weighted by Crippen LogP contribution is -2.47. The molecule has 4 rings (SSSR count). The first-order valence-corrected chi connectivity index (χ1v) is 10.0. The van der Waals surface area contributed by atoms with Crippen LogP contribution < -0.4 is 0 Å². The number of aromatic nitrogens is 3. The van der Waals surface area contributed by atoms with Crippen molar-refractivity contribution in [2.24, 2.45) is 5.41 Å². The van der Waals surface area contributed by atoms with Crippen molar-refractivity contribution in [2.45, 2.75) is 76.7 Å². The lowest BCUT2D eigenvalue weighted by molar-refractivity contribution is -0.143. The third kappa shape index (κ3) is 2.72. The molecule has 6 heteroatoms.